The van der Waals surface area contributed by atoms with Crippen LogP contribution in [0.25, 0.3) is 0 Å². The van der Waals surface area contributed by atoms with Gasteiger partial charge in [0, 0.05) is 11.8 Å². The molecular formula is C36H52O3. The number of rotatable bonds is 7. The minimum atomic E-state index is -0.350. The maximum absolute atomic E-state index is 6.48. The third kappa shape index (κ3) is 5.72. The lowest BCUT2D eigenvalue weighted by Gasteiger charge is -2.53. The molecule has 1 heterocycles. The third-order valence-electron chi connectivity index (χ3n) is 9.84. The van der Waals surface area contributed by atoms with Gasteiger partial charge in [0.1, 0.15) is 12.4 Å². The molecule has 1 saturated heterocycles. The molecule has 0 amide bonds. The fourth-order valence-corrected chi connectivity index (χ4v) is 8.37. The van der Waals surface area contributed by atoms with Crippen LogP contribution in [0.3, 0.4) is 0 Å². The monoisotopic (exact) mass is 532 g/mol. The molecule has 1 aliphatic heterocycles. The van der Waals surface area contributed by atoms with Gasteiger partial charge in [-0.15, -0.1) is 6.58 Å². The van der Waals surface area contributed by atoms with Gasteiger partial charge in [0.15, 0.2) is 5.79 Å². The molecule has 3 nitrogen and oxygen atoms in total. The summed E-state index contributed by atoms with van der Waals surface area (Å²) in [7, 11) is 0. The lowest BCUT2D eigenvalue weighted by molar-refractivity contribution is -0.237. The topological polar surface area (TPSA) is 27.7 Å². The predicted octanol–water partition coefficient (Wildman–Crippen LogP) is 9.50. The van der Waals surface area contributed by atoms with Crippen LogP contribution in [-0.2, 0) is 22.5 Å². The largest absolute Gasteiger partial charge is 0.489 e. The van der Waals surface area contributed by atoms with Crippen LogP contribution < -0.4 is 4.74 Å². The zero-order valence-electron chi connectivity index (χ0n) is 25.2. The van der Waals surface area contributed by atoms with Crippen molar-refractivity contribution < 1.29 is 14.2 Å². The maximum atomic E-state index is 6.48. The lowest BCUT2D eigenvalue weighted by atomic mass is 9.53. The molecule has 0 radical (unpaired) electrons. The minimum Gasteiger partial charge on any atom is -0.489 e. The first-order valence-corrected chi connectivity index (χ1v) is 15.8. The number of unbranched alkanes of at least 4 members (excludes halogenated alkanes) is 1. The standard InChI is InChI=1S/C32H40O3.2C2H6/c1-3-4-6-11-25-21-32(34-18-19-35-32)31(2)17-16-28-27-15-13-26(33-22-23-9-7-5-8-10-23)20-24(27)12-14-29(28)30(25)31;2*1-2/h3,5,7-10,13,15,20,25,28-30H,1,4,6,11-12,14,16-19,21-22H2,2H3;2*1-2H3. The Labute approximate surface area is 238 Å². The first kappa shape index (κ1) is 29.9. The number of ether oxygens (including phenoxy) is 3. The first-order valence-electron chi connectivity index (χ1n) is 15.8. The van der Waals surface area contributed by atoms with Gasteiger partial charge < -0.3 is 14.2 Å². The summed E-state index contributed by atoms with van der Waals surface area (Å²) in [5, 5.41) is 0. The second-order valence-corrected chi connectivity index (χ2v) is 11.6. The number of benzene rings is 2. The molecule has 5 unspecified atom stereocenters. The third-order valence-corrected chi connectivity index (χ3v) is 9.84. The number of aryl methyl sites for hydroxylation is 1. The average Bonchev–Trinajstić information content (AvgIpc) is 3.57. The normalized spacial score (nSPS) is 29.6. The van der Waals surface area contributed by atoms with Crippen LogP contribution in [0.15, 0.2) is 61.2 Å². The van der Waals surface area contributed by atoms with Crippen molar-refractivity contribution in [3.8, 4) is 5.75 Å². The molecule has 4 aliphatic rings. The van der Waals surface area contributed by atoms with E-state index in [0.717, 1.165) is 44.1 Å². The van der Waals surface area contributed by atoms with Crippen molar-refractivity contribution in [2.45, 2.75) is 104 Å². The summed E-state index contributed by atoms with van der Waals surface area (Å²) in [6.07, 6.45) is 11.6. The average molecular weight is 533 g/mol. The van der Waals surface area contributed by atoms with E-state index in [9.17, 15) is 0 Å². The highest BCUT2D eigenvalue weighted by atomic mass is 16.7. The summed E-state index contributed by atoms with van der Waals surface area (Å²) < 4.78 is 19.1. The first-order chi connectivity index (χ1) is 19.1. The van der Waals surface area contributed by atoms with Crippen molar-refractivity contribution in [2.75, 3.05) is 13.2 Å². The summed E-state index contributed by atoms with van der Waals surface area (Å²) in [5.74, 6) is 3.38. The number of hydrogen-bond donors (Lipinski definition) is 0. The SMILES string of the molecule is C=CCCCC1CC2(OCCO2)C2(C)CCC3c4ccc(OCc5ccccc5)cc4CCC3C12.CC.CC. The number of allylic oxidation sites excluding steroid dienone is 1. The molecule has 2 saturated carbocycles. The van der Waals surface area contributed by atoms with Crippen molar-refractivity contribution >= 4 is 0 Å². The van der Waals surface area contributed by atoms with Crippen molar-refractivity contribution in [1.82, 2.24) is 0 Å². The molecule has 39 heavy (non-hydrogen) atoms. The van der Waals surface area contributed by atoms with Gasteiger partial charge in [-0.25, -0.2) is 0 Å². The van der Waals surface area contributed by atoms with Crippen molar-refractivity contribution in [1.29, 1.82) is 0 Å². The van der Waals surface area contributed by atoms with Gasteiger partial charge >= 0.3 is 0 Å². The van der Waals surface area contributed by atoms with E-state index in [1.165, 1.54) is 43.2 Å². The van der Waals surface area contributed by atoms with Crippen LogP contribution >= 0.6 is 0 Å². The summed E-state index contributed by atoms with van der Waals surface area (Å²) in [4.78, 5) is 0. The molecule has 214 valence electrons. The van der Waals surface area contributed by atoms with Crippen molar-refractivity contribution in [2.24, 2.45) is 23.2 Å². The Hall–Kier alpha value is -2.10. The Morgan fingerprint density at radius 1 is 1.00 bits per heavy atom. The molecule has 3 fully saturated rings. The van der Waals surface area contributed by atoms with Gasteiger partial charge in [0.05, 0.1) is 13.2 Å². The van der Waals surface area contributed by atoms with E-state index < -0.39 is 0 Å². The molecule has 3 aliphatic carbocycles. The zero-order chi connectivity index (χ0) is 27.9. The molecule has 2 aromatic carbocycles. The van der Waals surface area contributed by atoms with Gasteiger partial charge in [-0.1, -0.05) is 77.1 Å². The summed E-state index contributed by atoms with van der Waals surface area (Å²) in [6.45, 7) is 16.6. The van der Waals surface area contributed by atoms with Crippen LogP contribution in [0.5, 0.6) is 5.75 Å². The fourth-order valence-electron chi connectivity index (χ4n) is 8.37. The number of fused-ring (bicyclic) bond motifs is 6. The van der Waals surface area contributed by atoms with E-state index in [4.69, 9.17) is 14.2 Å². The molecular weight excluding hydrogens is 480 g/mol. The van der Waals surface area contributed by atoms with E-state index in [1.807, 2.05) is 27.7 Å². The summed E-state index contributed by atoms with van der Waals surface area (Å²) in [6, 6.07) is 17.4. The maximum Gasteiger partial charge on any atom is 0.174 e. The van der Waals surface area contributed by atoms with Crippen LogP contribution in [0, 0.1) is 23.2 Å². The minimum absolute atomic E-state index is 0.125. The van der Waals surface area contributed by atoms with Crippen LogP contribution in [-0.4, -0.2) is 19.0 Å². The van der Waals surface area contributed by atoms with E-state index in [0.29, 0.717) is 24.4 Å². The molecule has 0 N–H and O–H groups in total. The van der Waals surface area contributed by atoms with Crippen molar-refractivity contribution in [3.05, 3.63) is 77.9 Å². The number of hydrogen-bond acceptors (Lipinski definition) is 3. The van der Waals surface area contributed by atoms with E-state index in [-0.39, 0.29) is 11.2 Å². The van der Waals surface area contributed by atoms with E-state index in [1.54, 1.807) is 5.56 Å². The van der Waals surface area contributed by atoms with Gasteiger partial charge in [0.2, 0.25) is 0 Å². The smallest absolute Gasteiger partial charge is 0.174 e. The zero-order valence-corrected chi connectivity index (χ0v) is 25.2. The summed E-state index contributed by atoms with van der Waals surface area (Å²) in [5.41, 5.74) is 4.42. The van der Waals surface area contributed by atoms with E-state index >= 15 is 0 Å². The van der Waals surface area contributed by atoms with Crippen LogP contribution in [0.1, 0.15) is 102 Å². The highest BCUT2D eigenvalue weighted by Gasteiger charge is 2.68. The van der Waals surface area contributed by atoms with E-state index in [2.05, 4.69) is 68.1 Å². The van der Waals surface area contributed by atoms with Gasteiger partial charge in [-0.3, -0.25) is 0 Å². The highest BCUT2D eigenvalue weighted by molar-refractivity contribution is 5.41. The van der Waals surface area contributed by atoms with Gasteiger partial charge in [-0.05, 0) is 97.4 Å². The Balaban J connectivity index is 0.000000845. The molecule has 2 aromatic rings. The van der Waals surface area contributed by atoms with Gasteiger partial charge in [-0.2, -0.15) is 0 Å². The Bertz CT molecular complexity index is 1040. The lowest BCUT2D eigenvalue weighted by Crippen LogP contribution is -2.51. The summed E-state index contributed by atoms with van der Waals surface area (Å²) >= 11 is 0. The van der Waals surface area contributed by atoms with Gasteiger partial charge in [0.25, 0.3) is 0 Å². The molecule has 6 rings (SSSR count). The molecule has 0 bridgehead atoms. The fraction of sp³-hybridized carbons (Fsp3) is 0.611. The highest BCUT2D eigenvalue weighted by Crippen LogP contribution is 2.68. The Morgan fingerprint density at radius 2 is 1.74 bits per heavy atom. The quantitative estimate of drug-likeness (QED) is 0.262. The second-order valence-electron chi connectivity index (χ2n) is 11.6. The van der Waals surface area contributed by atoms with Crippen LogP contribution in [0.4, 0.5) is 0 Å². The molecule has 1 spiro atoms. The second kappa shape index (κ2) is 13.5. The van der Waals surface area contributed by atoms with Crippen molar-refractivity contribution in [3.63, 3.8) is 0 Å². The Kier molecular flexibility index (Phi) is 10.3. The Morgan fingerprint density at radius 3 is 2.46 bits per heavy atom. The molecule has 3 heteroatoms. The predicted molar refractivity (Wildman–Crippen MR) is 162 cm³/mol. The molecule has 5 atom stereocenters. The molecule has 0 aromatic heterocycles. The van der Waals surface area contributed by atoms with Crippen LogP contribution in [0.2, 0.25) is 0 Å².